The number of hydrogen-bond donors (Lipinski definition) is 1. The van der Waals surface area contributed by atoms with Gasteiger partial charge < -0.3 is 14.8 Å². The predicted octanol–water partition coefficient (Wildman–Crippen LogP) is 4.26. The van der Waals surface area contributed by atoms with Crippen LogP contribution in [0.1, 0.15) is 37.8 Å². The number of hydrogen-bond acceptors (Lipinski definition) is 4. The van der Waals surface area contributed by atoms with Crippen LogP contribution in [-0.4, -0.2) is 37.6 Å². The highest BCUT2D eigenvalue weighted by Gasteiger charge is 2.26. The van der Waals surface area contributed by atoms with E-state index in [-0.39, 0.29) is 5.91 Å². The zero-order valence-electron chi connectivity index (χ0n) is 16.1. The van der Waals surface area contributed by atoms with E-state index in [2.05, 4.69) is 22.3 Å². The molecule has 1 unspecified atom stereocenters. The van der Waals surface area contributed by atoms with Gasteiger partial charge in [0, 0.05) is 19.0 Å². The predicted molar refractivity (Wildman–Crippen MR) is 107 cm³/mol. The molecule has 1 heterocycles. The van der Waals surface area contributed by atoms with E-state index in [0.29, 0.717) is 24.8 Å². The highest BCUT2D eigenvalue weighted by atomic mass is 16.5. The van der Waals surface area contributed by atoms with Crippen molar-refractivity contribution in [2.75, 3.05) is 32.1 Å². The third-order valence-corrected chi connectivity index (χ3v) is 4.95. The third-order valence-electron chi connectivity index (χ3n) is 4.95. The molecule has 2 aromatic carbocycles. The summed E-state index contributed by atoms with van der Waals surface area (Å²) < 4.78 is 10.8. The van der Waals surface area contributed by atoms with Gasteiger partial charge in [-0.05, 0) is 56.1 Å². The Hall–Kier alpha value is -2.53. The van der Waals surface area contributed by atoms with Crippen LogP contribution in [-0.2, 0) is 4.79 Å². The number of carbonyl (C=O) groups excluding carboxylic acids is 1. The number of nitrogens with zero attached hydrogens (tertiary/aromatic N) is 1. The van der Waals surface area contributed by atoms with Crippen LogP contribution in [0.2, 0.25) is 0 Å². The summed E-state index contributed by atoms with van der Waals surface area (Å²) in [4.78, 5) is 14.8. The summed E-state index contributed by atoms with van der Waals surface area (Å²) in [6.07, 6.45) is 2.75. The summed E-state index contributed by atoms with van der Waals surface area (Å²) in [7, 11) is 1.61. The number of rotatable bonds is 8. The molecule has 2 aromatic rings. The summed E-state index contributed by atoms with van der Waals surface area (Å²) in [6, 6.07) is 16.2. The fourth-order valence-electron chi connectivity index (χ4n) is 3.63. The van der Waals surface area contributed by atoms with Crippen molar-refractivity contribution >= 4 is 11.6 Å². The number of methoxy groups -OCH3 is 1. The Bertz CT molecular complexity index is 745. The Morgan fingerprint density at radius 3 is 2.70 bits per heavy atom. The maximum absolute atomic E-state index is 12.4. The lowest BCUT2D eigenvalue weighted by Crippen LogP contribution is -2.27. The van der Waals surface area contributed by atoms with Crippen LogP contribution in [0.5, 0.6) is 11.5 Å². The molecule has 0 spiro atoms. The minimum absolute atomic E-state index is 0.0110. The molecule has 0 bridgehead atoms. The van der Waals surface area contributed by atoms with Crippen LogP contribution in [0.15, 0.2) is 48.5 Å². The number of amides is 1. The number of carbonyl (C=O) groups is 1. The molecule has 1 atom stereocenters. The average molecular weight is 368 g/mol. The first-order valence-corrected chi connectivity index (χ1v) is 9.61. The smallest absolute Gasteiger partial charge is 0.225 e. The van der Waals surface area contributed by atoms with E-state index in [1.165, 1.54) is 5.56 Å². The van der Waals surface area contributed by atoms with E-state index in [0.717, 1.165) is 37.4 Å². The lowest BCUT2D eigenvalue weighted by Gasteiger charge is -2.24. The van der Waals surface area contributed by atoms with Crippen molar-refractivity contribution in [1.29, 1.82) is 0 Å². The van der Waals surface area contributed by atoms with Crippen LogP contribution >= 0.6 is 0 Å². The number of para-hydroxylation sites is 2. The molecule has 1 fully saturated rings. The third kappa shape index (κ3) is 5.01. The Morgan fingerprint density at radius 1 is 1.19 bits per heavy atom. The fourth-order valence-corrected chi connectivity index (χ4v) is 3.63. The molecule has 1 aliphatic heterocycles. The van der Waals surface area contributed by atoms with Gasteiger partial charge in [-0.15, -0.1) is 0 Å². The molecule has 0 aromatic heterocycles. The van der Waals surface area contributed by atoms with Gasteiger partial charge >= 0.3 is 0 Å². The van der Waals surface area contributed by atoms with Gasteiger partial charge in [-0.2, -0.15) is 0 Å². The SMILES string of the molecule is CCOc1ccc(C2CCCN2CCC(=O)Nc2ccccc2OC)cc1. The Morgan fingerprint density at radius 2 is 1.96 bits per heavy atom. The molecule has 1 N–H and O–H groups in total. The van der Waals surface area contributed by atoms with E-state index >= 15 is 0 Å². The zero-order valence-corrected chi connectivity index (χ0v) is 16.1. The van der Waals surface area contributed by atoms with E-state index in [4.69, 9.17) is 9.47 Å². The second kappa shape index (κ2) is 9.42. The molecule has 27 heavy (non-hydrogen) atoms. The van der Waals surface area contributed by atoms with Gasteiger partial charge in [0.2, 0.25) is 5.91 Å². The highest BCUT2D eigenvalue weighted by molar-refractivity contribution is 5.92. The highest BCUT2D eigenvalue weighted by Crippen LogP contribution is 2.33. The average Bonchev–Trinajstić information content (AvgIpc) is 3.16. The monoisotopic (exact) mass is 368 g/mol. The van der Waals surface area contributed by atoms with Crippen molar-refractivity contribution in [2.45, 2.75) is 32.2 Å². The van der Waals surface area contributed by atoms with E-state index in [9.17, 15) is 4.79 Å². The molecule has 1 saturated heterocycles. The van der Waals surface area contributed by atoms with Gasteiger partial charge in [0.25, 0.3) is 0 Å². The molecule has 3 rings (SSSR count). The van der Waals surface area contributed by atoms with Gasteiger partial charge in [0.15, 0.2) is 0 Å². The summed E-state index contributed by atoms with van der Waals surface area (Å²) in [5.74, 6) is 1.60. The lowest BCUT2D eigenvalue weighted by atomic mass is 10.0. The van der Waals surface area contributed by atoms with E-state index in [1.807, 2.05) is 43.3 Å². The Kier molecular flexibility index (Phi) is 6.71. The van der Waals surface area contributed by atoms with Crippen LogP contribution in [0, 0.1) is 0 Å². The van der Waals surface area contributed by atoms with Crippen LogP contribution in [0.25, 0.3) is 0 Å². The minimum atomic E-state index is 0.0110. The maximum Gasteiger partial charge on any atom is 0.225 e. The van der Waals surface area contributed by atoms with Gasteiger partial charge in [0.1, 0.15) is 11.5 Å². The molecule has 5 nitrogen and oxygen atoms in total. The molecule has 1 amide bonds. The van der Waals surface area contributed by atoms with Crippen LogP contribution < -0.4 is 14.8 Å². The number of likely N-dealkylation sites (tertiary alicyclic amines) is 1. The summed E-state index contributed by atoms with van der Waals surface area (Å²) >= 11 is 0. The zero-order chi connectivity index (χ0) is 19.1. The number of nitrogens with one attached hydrogen (secondary N) is 1. The first-order valence-electron chi connectivity index (χ1n) is 9.61. The quantitative estimate of drug-likeness (QED) is 0.756. The lowest BCUT2D eigenvalue weighted by molar-refractivity contribution is -0.116. The Labute approximate surface area is 161 Å². The largest absolute Gasteiger partial charge is 0.495 e. The molecule has 144 valence electrons. The second-order valence-corrected chi connectivity index (χ2v) is 6.69. The fraction of sp³-hybridized carbons (Fsp3) is 0.409. The van der Waals surface area contributed by atoms with Crippen molar-refractivity contribution in [2.24, 2.45) is 0 Å². The molecule has 5 heteroatoms. The second-order valence-electron chi connectivity index (χ2n) is 6.69. The van der Waals surface area contributed by atoms with Gasteiger partial charge in [0.05, 0.1) is 19.4 Å². The van der Waals surface area contributed by atoms with Crippen LogP contribution in [0.4, 0.5) is 5.69 Å². The molecule has 0 saturated carbocycles. The van der Waals surface area contributed by atoms with Crippen molar-refractivity contribution < 1.29 is 14.3 Å². The molecular weight excluding hydrogens is 340 g/mol. The maximum atomic E-state index is 12.4. The Balaban J connectivity index is 1.55. The van der Waals surface area contributed by atoms with Gasteiger partial charge in [-0.25, -0.2) is 0 Å². The summed E-state index contributed by atoms with van der Waals surface area (Å²) in [6.45, 7) is 4.44. The van der Waals surface area contributed by atoms with Crippen molar-refractivity contribution in [3.63, 3.8) is 0 Å². The van der Waals surface area contributed by atoms with Crippen molar-refractivity contribution in [3.05, 3.63) is 54.1 Å². The van der Waals surface area contributed by atoms with Gasteiger partial charge in [-0.3, -0.25) is 9.69 Å². The molecule has 0 aliphatic carbocycles. The topological polar surface area (TPSA) is 50.8 Å². The summed E-state index contributed by atoms with van der Waals surface area (Å²) in [5, 5.41) is 2.95. The first kappa shape index (κ1) is 19.2. The molecule has 0 radical (unpaired) electrons. The standard InChI is InChI=1S/C22H28N2O3/c1-3-27-18-12-10-17(11-13-18)20-8-6-15-24(20)16-14-22(25)23-19-7-4-5-9-21(19)26-2/h4-5,7,9-13,20H,3,6,8,14-16H2,1-2H3,(H,23,25). The number of anilines is 1. The van der Waals surface area contributed by atoms with E-state index in [1.54, 1.807) is 7.11 Å². The van der Waals surface area contributed by atoms with Crippen LogP contribution in [0.3, 0.4) is 0 Å². The first-order chi connectivity index (χ1) is 13.2. The molecule has 1 aliphatic rings. The number of ether oxygens (including phenoxy) is 2. The van der Waals surface area contributed by atoms with E-state index < -0.39 is 0 Å². The van der Waals surface area contributed by atoms with Crippen molar-refractivity contribution in [3.8, 4) is 11.5 Å². The normalized spacial score (nSPS) is 16.9. The number of benzene rings is 2. The minimum Gasteiger partial charge on any atom is -0.495 e. The molecular formula is C22H28N2O3. The summed E-state index contributed by atoms with van der Waals surface area (Å²) in [5.41, 5.74) is 2.01. The van der Waals surface area contributed by atoms with Gasteiger partial charge in [-0.1, -0.05) is 24.3 Å². The van der Waals surface area contributed by atoms with Crippen molar-refractivity contribution in [1.82, 2.24) is 4.90 Å².